The molecule has 8 heteroatoms. The highest BCUT2D eigenvalue weighted by molar-refractivity contribution is 7.14. The van der Waals surface area contributed by atoms with E-state index >= 15 is 0 Å². The quantitative estimate of drug-likeness (QED) is 0.739. The predicted molar refractivity (Wildman–Crippen MR) is 106 cm³/mol. The number of piperidine rings is 1. The maximum absolute atomic E-state index is 12.6. The zero-order valence-electron chi connectivity index (χ0n) is 14.4. The molecule has 3 aromatic rings. The molecular formula is C18H19N5OS2. The molecule has 0 radical (unpaired) electrons. The van der Waals surface area contributed by atoms with E-state index in [4.69, 9.17) is 0 Å². The Hall–Kier alpha value is -2.32. The number of nitrogens with zero attached hydrogens (tertiary/aromatic N) is 4. The van der Waals surface area contributed by atoms with E-state index in [1.54, 1.807) is 11.3 Å². The molecule has 1 N–H and O–H groups in total. The van der Waals surface area contributed by atoms with Crippen LogP contribution in [-0.4, -0.2) is 34.2 Å². The van der Waals surface area contributed by atoms with Crippen LogP contribution in [-0.2, 0) is 4.79 Å². The standard InChI is InChI=1S/C18H19N5OS2/c1-12-11-26-18(19-12)20-17(24)13-4-2-8-23(10-13)16-7-6-14(21-22-16)15-5-3-9-25-15/h3,5-7,9,11,13H,2,4,8,10H2,1H3,(H,19,20,24). The van der Waals surface area contributed by atoms with E-state index in [0.29, 0.717) is 11.7 Å². The molecule has 1 atom stereocenters. The van der Waals surface area contributed by atoms with Crippen LogP contribution in [0.5, 0.6) is 0 Å². The van der Waals surface area contributed by atoms with Crippen LogP contribution in [0.3, 0.4) is 0 Å². The minimum Gasteiger partial charge on any atom is -0.354 e. The lowest BCUT2D eigenvalue weighted by Gasteiger charge is -2.32. The van der Waals surface area contributed by atoms with E-state index in [1.807, 2.05) is 41.9 Å². The van der Waals surface area contributed by atoms with Gasteiger partial charge in [0.2, 0.25) is 5.91 Å². The lowest BCUT2D eigenvalue weighted by atomic mass is 9.97. The second kappa shape index (κ2) is 7.51. The van der Waals surface area contributed by atoms with Gasteiger partial charge in [-0.15, -0.1) is 32.9 Å². The topological polar surface area (TPSA) is 71.0 Å². The van der Waals surface area contributed by atoms with E-state index in [-0.39, 0.29) is 11.8 Å². The van der Waals surface area contributed by atoms with Crippen molar-refractivity contribution in [1.29, 1.82) is 0 Å². The number of hydrogen-bond donors (Lipinski definition) is 1. The highest BCUT2D eigenvalue weighted by Crippen LogP contribution is 2.26. The Bertz CT molecular complexity index is 875. The molecule has 26 heavy (non-hydrogen) atoms. The normalized spacial score (nSPS) is 17.3. The smallest absolute Gasteiger partial charge is 0.231 e. The molecule has 1 saturated heterocycles. The van der Waals surface area contributed by atoms with Gasteiger partial charge in [-0.05, 0) is 43.3 Å². The summed E-state index contributed by atoms with van der Waals surface area (Å²) >= 11 is 3.11. The van der Waals surface area contributed by atoms with Crippen molar-refractivity contribution < 1.29 is 4.79 Å². The fourth-order valence-corrected chi connectivity index (χ4v) is 4.45. The number of nitrogens with one attached hydrogen (secondary N) is 1. The van der Waals surface area contributed by atoms with Gasteiger partial charge in [-0.2, -0.15) is 0 Å². The first kappa shape index (κ1) is 17.1. The van der Waals surface area contributed by atoms with Gasteiger partial charge < -0.3 is 10.2 Å². The maximum Gasteiger partial charge on any atom is 0.231 e. The van der Waals surface area contributed by atoms with E-state index in [0.717, 1.165) is 41.5 Å². The first-order valence-corrected chi connectivity index (χ1v) is 10.3. The van der Waals surface area contributed by atoms with Crippen molar-refractivity contribution in [2.45, 2.75) is 19.8 Å². The van der Waals surface area contributed by atoms with Crippen molar-refractivity contribution in [3.63, 3.8) is 0 Å². The third kappa shape index (κ3) is 3.76. The van der Waals surface area contributed by atoms with Gasteiger partial charge in [0.25, 0.3) is 0 Å². The van der Waals surface area contributed by atoms with Crippen LogP contribution in [0.25, 0.3) is 10.6 Å². The second-order valence-electron chi connectivity index (χ2n) is 6.32. The van der Waals surface area contributed by atoms with Crippen molar-refractivity contribution >= 4 is 39.5 Å². The molecule has 0 aromatic carbocycles. The van der Waals surface area contributed by atoms with Crippen LogP contribution in [0.1, 0.15) is 18.5 Å². The van der Waals surface area contributed by atoms with Crippen LogP contribution in [0.2, 0.25) is 0 Å². The summed E-state index contributed by atoms with van der Waals surface area (Å²) in [4.78, 5) is 20.1. The monoisotopic (exact) mass is 385 g/mol. The first-order valence-electron chi connectivity index (χ1n) is 8.54. The average Bonchev–Trinajstić information content (AvgIpc) is 3.34. The molecule has 3 aromatic heterocycles. The summed E-state index contributed by atoms with van der Waals surface area (Å²) in [6, 6.07) is 8.03. The summed E-state index contributed by atoms with van der Waals surface area (Å²) in [6.07, 6.45) is 1.84. The summed E-state index contributed by atoms with van der Waals surface area (Å²) in [5, 5.41) is 16.3. The van der Waals surface area contributed by atoms with E-state index in [9.17, 15) is 4.79 Å². The lowest BCUT2D eigenvalue weighted by Crippen LogP contribution is -2.41. The molecular weight excluding hydrogens is 366 g/mol. The van der Waals surface area contributed by atoms with E-state index in [1.165, 1.54) is 11.3 Å². The number of amides is 1. The maximum atomic E-state index is 12.6. The van der Waals surface area contributed by atoms with Gasteiger partial charge in [0.1, 0.15) is 5.69 Å². The molecule has 134 valence electrons. The number of thiophene rings is 1. The molecule has 4 heterocycles. The van der Waals surface area contributed by atoms with Gasteiger partial charge in [-0.3, -0.25) is 4.79 Å². The molecule has 1 aliphatic heterocycles. The first-order chi connectivity index (χ1) is 12.7. The van der Waals surface area contributed by atoms with Crippen LogP contribution in [0, 0.1) is 12.8 Å². The Morgan fingerprint density at radius 3 is 2.88 bits per heavy atom. The number of rotatable bonds is 4. The number of thiazole rings is 1. The number of carbonyl (C=O) groups excluding carboxylic acids is 1. The molecule has 1 unspecified atom stereocenters. The second-order valence-corrected chi connectivity index (χ2v) is 8.13. The summed E-state index contributed by atoms with van der Waals surface area (Å²) < 4.78 is 0. The Labute approximate surface area is 159 Å². The number of anilines is 2. The summed E-state index contributed by atoms with van der Waals surface area (Å²) in [5.41, 5.74) is 1.81. The molecule has 6 nitrogen and oxygen atoms in total. The van der Waals surface area contributed by atoms with Crippen molar-refractivity contribution in [1.82, 2.24) is 15.2 Å². The van der Waals surface area contributed by atoms with E-state index < -0.39 is 0 Å². The van der Waals surface area contributed by atoms with Crippen molar-refractivity contribution in [3.05, 3.63) is 40.7 Å². The molecule has 0 aliphatic carbocycles. The Morgan fingerprint density at radius 2 is 2.19 bits per heavy atom. The molecule has 0 saturated carbocycles. The van der Waals surface area contributed by atoms with Crippen LogP contribution in [0.4, 0.5) is 10.9 Å². The minimum atomic E-state index is -0.0632. The predicted octanol–water partition coefficient (Wildman–Crippen LogP) is 3.83. The van der Waals surface area contributed by atoms with Gasteiger partial charge in [-0.1, -0.05) is 6.07 Å². The fourth-order valence-electron chi connectivity index (χ4n) is 3.07. The SMILES string of the molecule is Cc1csc(NC(=O)C2CCCN(c3ccc(-c4cccs4)nn3)C2)n1. The Morgan fingerprint density at radius 1 is 1.27 bits per heavy atom. The third-order valence-electron chi connectivity index (χ3n) is 4.39. The minimum absolute atomic E-state index is 0.0345. The number of carbonyl (C=O) groups is 1. The van der Waals surface area contributed by atoms with Crippen molar-refractivity contribution in [3.8, 4) is 10.6 Å². The summed E-state index contributed by atoms with van der Waals surface area (Å²) in [5.74, 6) is 0.798. The Kier molecular flexibility index (Phi) is 4.94. The Balaban J connectivity index is 1.42. The average molecular weight is 386 g/mol. The highest BCUT2D eigenvalue weighted by Gasteiger charge is 2.27. The zero-order valence-corrected chi connectivity index (χ0v) is 16.0. The molecule has 1 fully saturated rings. The highest BCUT2D eigenvalue weighted by atomic mass is 32.1. The van der Waals surface area contributed by atoms with Gasteiger partial charge in [-0.25, -0.2) is 4.98 Å². The largest absolute Gasteiger partial charge is 0.354 e. The molecule has 1 amide bonds. The summed E-state index contributed by atoms with van der Waals surface area (Å²) in [6.45, 7) is 3.48. The van der Waals surface area contributed by atoms with Gasteiger partial charge in [0.05, 0.1) is 16.5 Å². The molecule has 0 spiro atoms. The number of aryl methyl sites for hydroxylation is 1. The number of hydrogen-bond acceptors (Lipinski definition) is 7. The van der Waals surface area contributed by atoms with E-state index in [2.05, 4.69) is 25.4 Å². The van der Waals surface area contributed by atoms with Crippen LogP contribution < -0.4 is 10.2 Å². The number of aromatic nitrogens is 3. The van der Waals surface area contributed by atoms with Gasteiger partial charge in [0.15, 0.2) is 10.9 Å². The van der Waals surface area contributed by atoms with Crippen molar-refractivity contribution in [2.75, 3.05) is 23.3 Å². The lowest BCUT2D eigenvalue weighted by molar-refractivity contribution is -0.120. The van der Waals surface area contributed by atoms with Crippen LogP contribution >= 0.6 is 22.7 Å². The molecule has 1 aliphatic rings. The van der Waals surface area contributed by atoms with Gasteiger partial charge >= 0.3 is 0 Å². The third-order valence-corrected chi connectivity index (χ3v) is 6.16. The van der Waals surface area contributed by atoms with Crippen LogP contribution in [0.15, 0.2) is 35.0 Å². The van der Waals surface area contributed by atoms with Crippen molar-refractivity contribution in [2.24, 2.45) is 5.92 Å². The molecule has 4 rings (SSSR count). The molecule has 0 bridgehead atoms. The van der Waals surface area contributed by atoms with Gasteiger partial charge in [0, 0.05) is 18.5 Å². The zero-order chi connectivity index (χ0) is 17.9. The fraction of sp³-hybridized carbons (Fsp3) is 0.333. The summed E-state index contributed by atoms with van der Waals surface area (Å²) in [7, 11) is 0.